The Kier molecular flexibility index (Phi) is 1.18. The third-order valence-electron chi connectivity index (χ3n) is 8.74. The molecule has 0 nitrogen and oxygen atoms in total. The largest absolute Gasteiger partial charge is 0.247 e. The van der Waals surface area contributed by atoms with Crippen LogP contribution in [0.25, 0.3) is 0 Å². The molecular formula is C15H23F. The van der Waals surface area contributed by atoms with E-state index >= 15 is 0 Å². The lowest BCUT2D eigenvalue weighted by Crippen LogP contribution is -2.45. The third kappa shape index (κ3) is 0.490. The lowest BCUT2D eigenvalue weighted by Gasteiger charge is -2.44. The molecule has 4 saturated carbocycles. The van der Waals surface area contributed by atoms with E-state index < -0.39 is 6.17 Å². The second-order valence-electron chi connectivity index (χ2n) is 8.17. The van der Waals surface area contributed by atoms with Crippen LogP contribution in [0.1, 0.15) is 41.5 Å². The van der Waals surface area contributed by atoms with Gasteiger partial charge in [-0.15, -0.1) is 0 Å². The van der Waals surface area contributed by atoms with Crippen molar-refractivity contribution in [2.45, 2.75) is 47.7 Å². The highest BCUT2D eigenvalue weighted by atomic mass is 19.1. The average Bonchev–Trinajstić information content (AvgIpc) is 2.89. The maximum Gasteiger partial charge on any atom is 0.110 e. The van der Waals surface area contributed by atoms with Gasteiger partial charge in [-0.1, -0.05) is 41.5 Å². The van der Waals surface area contributed by atoms with Gasteiger partial charge < -0.3 is 0 Å². The van der Waals surface area contributed by atoms with Crippen molar-refractivity contribution in [3.05, 3.63) is 0 Å². The van der Waals surface area contributed by atoms with Crippen LogP contribution < -0.4 is 0 Å². The van der Waals surface area contributed by atoms with E-state index in [0.717, 1.165) is 11.8 Å². The van der Waals surface area contributed by atoms with Crippen LogP contribution in [0.5, 0.6) is 0 Å². The molecule has 0 heterocycles. The summed E-state index contributed by atoms with van der Waals surface area (Å²) in [5, 5.41) is 0. The Labute approximate surface area is 98.0 Å². The molecule has 5 unspecified atom stereocenters. The molecule has 0 aromatic rings. The Bertz CT molecular complexity index is 414. The van der Waals surface area contributed by atoms with Crippen molar-refractivity contribution in [3.63, 3.8) is 0 Å². The van der Waals surface area contributed by atoms with Gasteiger partial charge in [-0.3, -0.25) is 0 Å². The van der Waals surface area contributed by atoms with E-state index in [1.807, 2.05) is 0 Å². The van der Waals surface area contributed by atoms with Crippen molar-refractivity contribution in [3.8, 4) is 0 Å². The summed E-state index contributed by atoms with van der Waals surface area (Å²) < 4.78 is 14.9. The highest BCUT2D eigenvalue weighted by Crippen LogP contribution is 3.00. The molecule has 90 valence electrons. The number of rotatable bonds is 0. The summed E-state index contributed by atoms with van der Waals surface area (Å²) in [6.07, 6.45) is -0.556. The first-order valence-corrected chi connectivity index (χ1v) is 6.82. The molecule has 0 bridgehead atoms. The van der Waals surface area contributed by atoms with Crippen LogP contribution in [0, 0.1) is 45.3 Å². The molecule has 0 spiro atoms. The maximum atomic E-state index is 14.9. The molecule has 0 saturated heterocycles. The average molecular weight is 222 g/mol. The second-order valence-corrected chi connectivity index (χ2v) is 8.17. The molecule has 16 heavy (non-hydrogen) atoms. The van der Waals surface area contributed by atoms with Crippen molar-refractivity contribution in [1.29, 1.82) is 0 Å². The molecule has 0 N–H and O–H groups in total. The third-order valence-corrected chi connectivity index (χ3v) is 8.74. The lowest BCUT2D eigenvalue weighted by atomic mass is 9.61. The van der Waals surface area contributed by atoms with Gasteiger partial charge in [-0.2, -0.15) is 0 Å². The van der Waals surface area contributed by atoms with Crippen molar-refractivity contribution in [2.75, 3.05) is 0 Å². The molecule has 0 aliphatic heterocycles. The fraction of sp³-hybridized carbons (Fsp3) is 1.00. The summed E-state index contributed by atoms with van der Waals surface area (Å²) in [5.41, 5.74) is 0.915. The van der Waals surface area contributed by atoms with Crippen LogP contribution in [0.15, 0.2) is 0 Å². The fourth-order valence-electron chi connectivity index (χ4n) is 6.96. The van der Waals surface area contributed by atoms with Crippen molar-refractivity contribution < 1.29 is 4.39 Å². The van der Waals surface area contributed by atoms with E-state index in [1.165, 1.54) is 0 Å². The van der Waals surface area contributed by atoms with Crippen LogP contribution in [0.4, 0.5) is 4.39 Å². The van der Waals surface area contributed by atoms with Crippen LogP contribution >= 0.6 is 0 Å². The zero-order valence-corrected chi connectivity index (χ0v) is 11.3. The van der Waals surface area contributed by atoms with E-state index in [1.54, 1.807) is 0 Å². The first kappa shape index (κ1) is 9.91. The van der Waals surface area contributed by atoms with E-state index in [9.17, 15) is 4.39 Å². The highest BCUT2D eigenvalue weighted by molar-refractivity contribution is 5.44. The highest BCUT2D eigenvalue weighted by Gasteiger charge is 2.98. The first-order valence-electron chi connectivity index (χ1n) is 6.82. The quantitative estimate of drug-likeness (QED) is 0.583. The Morgan fingerprint density at radius 1 is 0.938 bits per heavy atom. The fourth-order valence-corrected chi connectivity index (χ4v) is 6.96. The topological polar surface area (TPSA) is 0 Å². The molecule has 0 aromatic carbocycles. The molecule has 0 amide bonds. The minimum Gasteiger partial charge on any atom is -0.247 e. The Hall–Kier alpha value is -0.0700. The number of alkyl halides is 1. The molecule has 4 aliphatic carbocycles. The molecule has 4 rings (SSSR count). The van der Waals surface area contributed by atoms with Gasteiger partial charge in [0.05, 0.1) is 0 Å². The minimum absolute atomic E-state index is 0.0473. The lowest BCUT2D eigenvalue weighted by molar-refractivity contribution is -0.0261. The van der Waals surface area contributed by atoms with E-state index in [0.29, 0.717) is 17.3 Å². The van der Waals surface area contributed by atoms with E-state index in [2.05, 4.69) is 41.5 Å². The van der Waals surface area contributed by atoms with Crippen LogP contribution in [0.2, 0.25) is 0 Å². The van der Waals surface area contributed by atoms with Gasteiger partial charge in [0.1, 0.15) is 6.17 Å². The zero-order valence-electron chi connectivity index (χ0n) is 11.3. The van der Waals surface area contributed by atoms with Crippen LogP contribution in [0.3, 0.4) is 0 Å². The summed E-state index contributed by atoms with van der Waals surface area (Å²) in [6.45, 7) is 13.9. The zero-order chi connectivity index (χ0) is 11.9. The summed E-state index contributed by atoms with van der Waals surface area (Å²) >= 11 is 0. The summed E-state index contributed by atoms with van der Waals surface area (Å²) in [4.78, 5) is 0. The Morgan fingerprint density at radius 3 is 2.06 bits per heavy atom. The van der Waals surface area contributed by atoms with E-state index in [4.69, 9.17) is 0 Å². The monoisotopic (exact) mass is 222 g/mol. The van der Waals surface area contributed by atoms with E-state index in [-0.39, 0.29) is 16.2 Å². The molecule has 4 fully saturated rings. The van der Waals surface area contributed by atoms with Gasteiger partial charge in [0.15, 0.2) is 0 Å². The van der Waals surface area contributed by atoms with Crippen molar-refractivity contribution in [1.82, 2.24) is 0 Å². The normalized spacial score (nSPS) is 77.1. The smallest absolute Gasteiger partial charge is 0.110 e. The Morgan fingerprint density at radius 2 is 1.50 bits per heavy atom. The van der Waals surface area contributed by atoms with Crippen LogP contribution in [-0.2, 0) is 0 Å². The summed E-state index contributed by atoms with van der Waals surface area (Å²) in [5.74, 6) is 2.54. The van der Waals surface area contributed by atoms with Gasteiger partial charge >= 0.3 is 0 Å². The maximum absolute atomic E-state index is 14.9. The number of fused-ring (bicyclic) bond motifs is 3. The van der Waals surface area contributed by atoms with Crippen LogP contribution in [-0.4, -0.2) is 6.17 Å². The van der Waals surface area contributed by atoms with Gasteiger partial charge in [0.25, 0.3) is 0 Å². The minimum atomic E-state index is -0.556. The molecule has 0 aromatic heterocycles. The van der Waals surface area contributed by atoms with Gasteiger partial charge in [0, 0.05) is 5.41 Å². The predicted molar refractivity (Wildman–Crippen MR) is 62.6 cm³/mol. The first-order chi connectivity index (χ1) is 7.18. The van der Waals surface area contributed by atoms with Gasteiger partial charge in [-0.05, 0) is 39.9 Å². The molecular weight excluding hydrogens is 199 g/mol. The number of halogens is 1. The molecule has 4 aliphatic rings. The molecule has 1 heteroatoms. The standard InChI is InChI=1S/C15H23F/c1-7-8-9-10(13(7,9)4)14(5)12(2,3)15(14,6)11(8)16/h7-11H,1-6H3/t7?,8?,9?,10?,11-,13?,14-,15-/m0/s1. The number of hydrogen-bond donors (Lipinski definition) is 0. The predicted octanol–water partition coefficient (Wildman–Crippen LogP) is 3.91. The SMILES string of the molecule is CC1C2C3C(C13C)[C@@]1(C)C(C)(C)[C@]1(C)[C@H]2F. The molecule has 0 radical (unpaired) electrons. The van der Waals surface area contributed by atoms with Gasteiger partial charge in [-0.25, -0.2) is 4.39 Å². The Balaban J connectivity index is 1.90. The van der Waals surface area contributed by atoms with Crippen molar-refractivity contribution in [2.24, 2.45) is 45.3 Å². The summed E-state index contributed by atoms with van der Waals surface area (Å²) in [7, 11) is 0. The van der Waals surface area contributed by atoms with Gasteiger partial charge in [0.2, 0.25) is 0 Å². The van der Waals surface area contributed by atoms with Crippen molar-refractivity contribution >= 4 is 0 Å². The number of hydrogen-bond acceptors (Lipinski definition) is 0. The summed E-state index contributed by atoms with van der Waals surface area (Å²) in [6, 6.07) is 0. The molecule has 8 atom stereocenters. The second kappa shape index (κ2) is 1.91.